The number of benzene rings is 1. The molecule has 1 unspecified atom stereocenters. The molecule has 0 spiro atoms. The van der Waals surface area contributed by atoms with Crippen molar-refractivity contribution in [3.8, 4) is 23.7 Å². The van der Waals surface area contributed by atoms with Gasteiger partial charge in [-0.15, -0.1) is 0 Å². The average Bonchev–Trinajstić information content (AvgIpc) is 2.45. The summed E-state index contributed by atoms with van der Waals surface area (Å²) in [6.45, 7) is 1.87. The first-order chi connectivity index (χ1) is 9.72. The summed E-state index contributed by atoms with van der Waals surface area (Å²) in [6.07, 6.45) is 1.17. The van der Waals surface area contributed by atoms with Crippen LogP contribution in [-0.4, -0.2) is 18.2 Å². The van der Waals surface area contributed by atoms with Crippen molar-refractivity contribution in [3.63, 3.8) is 0 Å². The number of carbonyl (C=O) groups is 2. The van der Waals surface area contributed by atoms with Gasteiger partial charge in [-0.3, -0.25) is 9.59 Å². The van der Waals surface area contributed by atoms with Crippen LogP contribution < -0.4 is 0 Å². The smallest absolute Gasteiger partial charge is 0.202 e. The molecule has 0 aliphatic rings. The van der Waals surface area contributed by atoms with E-state index in [2.05, 4.69) is 23.7 Å². The number of rotatable bonds is 5. The zero-order valence-corrected chi connectivity index (χ0v) is 11.4. The minimum absolute atomic E-state index is 0.175. The number of aldehydes is 1. The lowest BCUT2D eigenvalue weighted by Crippen LogP contribution is -2.11. The van der Waals surface area contributed by atoms with Crippen molar-refractivity contribution in [2.75, 3.05) is 0 Å². The van der Waals surface area contributed by atoms with Gasteiger partial charge in [0, 0.05) is 19.8 Å². The van der Waals surface area contributed by atoms with E-state index in [1.54, 1.807) is 0 Å². The summed E-state index contributed by atoms with van der Waals surface area (Å²) in [5, 5.41) is 0. The fourth-order valence-electron chi connectivity index (χ4n) is 1.48. The van der Waals surface area contributed by atoms with Crippen LogP contribution in [0.1, 0.15) is 25.3 Å². The van der Waals surface area contributed by atoms with Crippen LogP contribution in [0, 0.1) is 23.7 Å². The summed E-state index contributed by atoms with van der Waals surface area (Å²) in [7, 11) is 0. The summed E-state index contributed by atoms with van der Waals surface area (Å²) in [5.41, 5.74) is 1.06. The van der Waals surface area contributed by atoms with Crippen LogP contribution in [0.2, 0.25) is 0 Å². The molecule has 1 rings (SSSR count). The molecule has 0 saturated heterocycles. The number of Topliss-reactive ketones (excluding diaryl/α,β-unsaturated/α-hetero) is 1. The first-order valence-corrected chi connectivity index (χ1v) is 6.29. The van der Waals surface area contributed by atoms with Crippen molar-refractivity contribution < 1.29 is 14.3 Å². The number of carbonyl (C=O) groups excluding carboxylic acids is 2. The molecule has 0 heterocycles. The summed E-state index contributed by atoms with van der Waals surface area (Å²) in [5.74, 6) is 10.1. The highest BCUT2D eigenvalue weighted by molar-refractivity contribution is 5.93. The SMILES string of the molecule is CC(=O)C#CCC(CC#CC=O)OCc1ccccc1. The number of hydrogen-bond acceptors (Lipinski definition) is 3. The first kappa shape index (κ1) is 15.7. The molecule has 20 heavy (non-hydrogen) atoms. The van der Waals surface area contributed by atoms with Gasteiger partial charge in [-0.1, -0.05) is 42.2 Å². The van der Waals surface area contributed by atoms with Gasteiger partial charge >= 0.3 is 0 Å². The maximum Gasteiger partial charge on any atom is 0.202 e. The molecule has 3 heteroatoms. The Morgan fingerprint density at radius 1 is 1.25 bits per heavy atom. The van der Waals surface area contributed by atoms with Crippen molar-refractivity contribution in [3.05, 3.63) is 35.9 Å². The summed E-state index contributed by atoms with van der Waals surface area (Å²) in [4.78, 5) is 21.0. The Kier molecular flexibility index (Phi) is 7.50. The third-order valence-electron chi connectivity index (χ3n) is 2.41. The van der Waals surface area contributed by atoms with Crippen LogP contribution in [0.15, 0.2) is 30.3 Å². The zero-order valence-electron chi connectivity index (χ0n) is 11.4. The topological polar surface area (TPSA) is 43.4 Å². The van der Waals surface area contributed by atoms with Crippen molar-refractivity contribution >= 4 is 12.1 Å². The second-order valence-corrected chi connectivity index (χ2v) is 4.12. The minimum Gasteiger partial charge on any atom is -0.372 e. The largest absolute Gasteiger partial charge is 0.372 e. The Morgan fingerprint density at radius 3 is 2.60 bits per heavy atom. The highest BCUT2D eigenvalue weighted by Crippen LogP contribution is 2.08. The first-order valence-electron chi connectivity index (χ1n) is 6.29. The van der Waals surface area contributed by atoms with E-state index in [0.717, 1.165) is 5.56 Å². The molecular formula is C17H16O3. The van der Waals surface area contributed by atoms with E-state index in [9.17, 15) is 9.59 Å². The van der Waals surface area contributed by atoms with E-state index in [0.29, 0.717) is 25.7 Å². The van der Waals surface area contributed by atoms with E-state index < -0.39 is 0 Å². The lowest BCUT2D eigenvalue weighted by Gasteiger charge is -2.12. The quantitative estimate of drug-likeness (QED) is 0.467. The van der Waals surface area contributed by atoms with Crippen LogP contribution in [0.5, 0.6) is 0 Å². The molecule has 0 bridgehead atoms. The Bertz CT molecular complexity index is 553. The van der Waals surface area contributed by atoms with E-state index in [1.807, 2.05) is 30.3 Å². The van der Waals surface area contributed by atoms with Crippen LogP contribution in [0.25, 0.3) is 0 Å². The molecule has 0 N–H and O–H groups in total. The van der Waals surface area contributed by atoms with Crippen LogP contribution in [-0.2, 0) is 20.9 Å². The average molecular weight is 268 g/mol. The van der Waals surface area contributed by atoms with Gasteiger partial charge in [0.2, 0.25) is 5.78 Å². The van der Waals surface area contributed by atoms with Gasteiger partial charge in [-0.2, -0.15) is 0 Å². The van der Waals surface area contributed by atoms with Crippen molar-refractivity contribution in [2.45, 2.75) is 32.5 Å². The van der Waals surface area contributed by atoms with Gasteiger partial charge in [0.05, 0.1) is 12.7 Å². The Hall–Kier alpha value is -2.36. The maximum atomic E-state index is 10.8. The molecule has 0 fully saturated rings. The number of ether oxygens (including phenoxy) is 1. The van der Waals surface area contributed by atoms with Gasteiger partial charge in [0.15, 0.2) is 6.29 Å². The van der Waals surface area contributed by atoms with E-state index >= 15 is 0 Å². The second kappa shape index (κ2) is 9.55. The lowest BCUT2D eigenvalue weighted by molar-refractivity contribution is -0.111. The summed E-state index contributed by atoms with van der Waals surface area (Å²) < 4.78 is 5.72. The summed E-state index contributed by atoms with van der Waals surface area (Å²) in [6, 6.07) is 9.75. The van der Waals surface area contributed by atoms with Gasteiger partial charge < -0.3 is 4.74 Å². The molecule has 0 amide bonds. The lowest BCUT2D eigenvalue weighted by atomic mass is 10.1. The second-order valence-electron chi connectivity index (χ2n) is 4.12. The van der Waals surface area contributed by atoms with Gasteiger partial charge in [0.1, 0.15) is 0 Å². The molecule has 102 valence electrons. The fraction of sp³-hybridized carbons (Fsp3) is 0.294. The third-order valence-corrected chi connectivity index (χ3v) is 2.41. The standard InChI is InChI=1S/C17H16O3/c1-15(19)8-7-12-17(11-5-6-13-18)20-14-16-9-3-2-4-10-16/h2-4,9-10,13,17H,11-12,14H2,1H3. The summed E-state index contributed by atoms with van der Waals surface area (Å²) >= 11 is 0. The monoisotopic (exact) mass is 268 g/mol. The van der Waals surface area contributed by atoms with Crippen LogP contribution >= 0.6 is 0 Å². The zero-order chi connectivity index (χ0) is 14.6. The van der Waals surface area contributed by atoms with Crippen molar-refractivity contribution in [1.82, 2.24) is 0 Å². The fourth-order valence-corrected chi connectivity index (χ4v) is 1.48. The van der Waals surface area contributed by atoms with Gasteiger partial charge in [0.25, 0.3) is 0 Å². The molecule has 0 aromatic heterocycles. The molecule has 0 aliphatic heterocycles. The predicted molar refractivity (Wildman–Crippen MR) is 76.6 cm³/mol. The van der Waals surface area contributed by atoms with Crippen LogP contribution in [0.4, 0.5) is 0 Å². The van der Waals surface area contributed by atoms with Gasteiger partial charge in [-0.25, -0.2) is 0 Å². The molecule has 1 aromatic carbocycles. The van der Waals surface area contributed by atoms with E-state index in [1.165, 1.54) is 6.92 Å². The predicted octanol–water partition coefficient (Wildman–Crippen LogP) is 2.15. The molecule has 1 atom stereocenters. The van der Waals surface area contributed by atoms with E-state index in [4.69, 9.17) is 4.74 Å². The number of hydrogen-bond donors (Lipinski definition) is 0. The van der Waals surface area contributed by atoms with E-state index in [-0.39, 0.29) is 11.9 Å². The maximum absolute atomic E-state index is 10.8. The number of ketones is 1. The normalized spacial score (nSPS) is 10.4. The molecule has 0 radical (unpaired) electrons. The minimum atomic E-state index is -0.213. The third kappa shape index (κ3) is 7.16. The Balaban J connectivity index is 2.55. The van der Waals surface area contributed by atoms with Crippen molar-refractivity contribution in [1.29, 1.82) is 0 Å². The van der Waals surface area contributed by atoms with Crippen molar-refractivity contribution in [2.24, 2.45) is 0 Å². The molecular weight excluding hydrogens is 252 g/mol. The highest BCUT2D eigenvalue weighted by atomic mass is 16.5. The molecule has 3 nitrogen and oxygen atoms in total. The molecule has 0 aliphatic carbocycles. The van der Waals surface area contributed by atoms with Crippen LogP contribution in [0.3, 0.4) is 0 Å². The Morgan fingerprint density at radius 2 is 1.95 bits per heavy atom. The Labute approximate surface area is 119 Å². The van der Waals surface area contributed by atoms with Gasteiger partial charge in [-0.05, 0) is 17.4 Å². The molecule has 1 aromatic rings. The highest BCUT2D eigenvalue weighted by Gasteiger charge is 2.06. The molecule has 0 saturated carbocycles.